The van der Waals surface area contributed by atoms with Gasteiger partial charge in [0, 0.05) is 24.6 Å². The van der Waals surface area contributed by atoms with Gasteiger partial charge in [-0.15, -0.1) is 0 Å². The van der Waals surface area contributed by atoms with E-state index >= 15 is 0 Å². The van der Waals surface area contributed by atoms with E-state index in [2.05, 4.69) is 4.90 Å². The maximum atomic E-state index is 12.1. The lowest BCUT2D eigenvalue weighted by molar-refractivity contribution is 0.248. The van der Waals surface area contributed by atoms with Crippen LogP contribution in [0.2, 0.25) is 0 Å². The highest BCUT2D eigenvalue weighted by Crippen LogP contribution is 2.17. The van der Waals surface area contributed by atoms with E-state index in [-0.39, 0.29) is 5.56 Å². The molecule has 0 atom stereocenters. The van der Waals surface area contributed by atoms with E-state index in [1.165, 1.54) is 11.5 Å². The molecule has 17 heavy (non-hydrogen) atoms. The van der Waals surface area contributed by atoms with E-state index in [0.29, 0.717) is 0 Å². The molecular formula is C12H14N2OS2. The number of rotatable bonds is 2. The first-order valence-electron chi connectivity index (χ1n) is 5.73. The normalized spacial score (nSPS) is 17.6. The predicted molar refractivity (Wildman–Crippen MR) is 75.0 cm³/mol. The Kier molecular flexibility index (Phi) is 3.22. The molecule has 0 N–H and O–H groups in total. The fourth-order valence-electron chi connectivity index (χ4n) is 2.03. The molecule has 0 amide bonds. The lowest BCUT2D eigenvalue weighted by Gasteiger charge is -2.25. The van der Waals surface area contributed by atoms with Gasteiger partial charge < -0.3 is 0 Å². The van der Waals surface area contributed by atoms with Crippen LogP contribution in [0.25, 0.3) is 10.1 Å². The second kappa shape index (κ2) is 4.84. The maximum absolute atomic E-state index is 12.1. The predicted octanol–water partition coefficient (Wildman–Crippen LogP) is 2.07. The van der Waals surface area contributed by atoms with Crippen molar-refractivity contribution in [3.05, 3.63) is 34.6 Å². The molecule has 3 nitrogen and oxygen atoms in total. The fourth-order valence-corrected chi connectivity index (χ4v) is 4.05. The molecule has 3 rings (SSSR count). The summed E-state index contributed by atoms with van der Waals surface area (Å²) in [6.07, 6.45) is 0. The molecule has 0 unspecified atom stereocenters. The highest BCUT2D eigenvalue weighted by Gasteiger charge is 2.13. The van der Waals surface area contributed by atoms with E-state index < -0.39 is 0 Å². The van der Waals surface area contributed by atoms with E-state index in [1.807, 2.05) is 40.0 Å². The quantitative estimate of drug-likeness (QED) is 0.832. The highest BCUT2D eigenvalue weighted by atomic mass is 32.2. The lowest BCUT2D eigenvalue weighted by atomic mass is 10.3. The van der Waals surface area contributed by atoms with Crippen LogP contribution in [0.1, 0.15) is 0 Å². The zero-order valence-electron chi connectivity index (χ0n) is 9.46. The monoisotopic (exact) mass is 266 g/mol. The van der Waals surface area contributed by atoms with Crippen molar-refractivity contribution in [2.45, 2.75) is 6.67 Å². The highest BCUT2D eigenvalue weighted by molar-refractivity contribution is 7.99. The number of thioether (sulfide) groups is 1. The third-order valence-corrected chi connectivity index (χ3v) is 4.98. The Morgan fingerprint density at radius 3 is 2.71 bits per heavy atom. The second-order valence-electron chi connectivity index (χ2n) is 4.14. The molecule has 1 aromatic carbocycles. The smallest absolute Gasteiger partial charge is 0.269 e. The Labute approximate surface area is 108 Å². The van der Waals surface area contributed by atoms with Crippen molar-refractivity contribution in [1.29, 1.82) is 0 Å². The van der Waals surface area contributed by atoms with Gasteiger partial charge in [-0.3, -0.25) is 9.69 Å². The molecule has 2 heterocycles. The van der Waals surface area contributed by atoms with Crippen LogP contribution in [-0.2, 0) is 6.67 Å². The minimum atomic E-state index is 0.156. The van der Waals surface area contributed by atoms with Gasteiger partial charge in [0.1, 0.15) is 0 Å². The Balaban J connectivity index is 1.89. The summed E-state index contributed by atoms with van der Waals surface area (Å²) < 4.78 is 2.96. The van der Waals surface area contributed by atoms with Gasteiger partial charge in [0.2, 0.25) is 0 Å². The number of hydrogen-bond acceptors (Lipinski definition) is 4. The van der Waals surface area contributed by atoms with E-state index in [9.17, 15) is 4.79 Å². The van der Waals surface area contributed by atoms with Gasteiger partial charge in [0.25, 0.3) is 5.56 Å². The van der Waals surface area contributed by atoms with Crippen molar-refractivity contribution < 1.29 is 0 Å². The number of fused-ring (bicyclic) bond motifs is 1. The molecule has 1 aliphatic rings. The number of nitrogens with zero attached hydrogens (tertiary/aromatic N) is 2. The topological polar surface area (TPSA) is 25.2 Å². The van der Waals surface area contributed by atoms with Gasteiger partial charge in [0.05, 0.1) is 16.8 Å². The Hall–Kier alpha value is -0.780. The summed E-state index contributed by atoms with van der Waals surface area (Å²) in [4.78, 5) is 14.5. The minimum Gasteiger partial charge on any atom is -0.283 e. The van der Waals surface area contributed by atoms with Crippen LogP contribution in [0.4, 0.5) is 0 Å². The summed E-state index contributed by atoms with van der Waals surface area (Å²) in [5, 5.41) is 0.851. The summed E-state index contributed by atoms with van der Waals surface area (Å²) in [5.41, 5.74) is 0.156. The van der Waals surface area contributed by atoms with Crippen molar-refractivity contribution >= 4 is 33.4 Å². The SMILES string of the molecule is O=c1c2ccccc2sn1CN1CCSCC1. The molecule has 90 valence electrons. The van der Waals surface area contributed by atoms with Crippen molar-refractivity contribution in [2.24, 2.45) is 0 Å². The summed E-state index contributed by atoms with van der Waals surface area (Å²) in [6.45, 7) is 2.93. The van der Waals surface area contributed by atoms with E-state index in [4.69, 9.17) is 0 Å². The first kappa shape index (κ1) is 11.3. The van der Waals surface area contributed by atoms with Crippen molar-refractivity contribution in [3.8, 4) is 0 Å². The standard InChI is InChI=1S/C12H14N2OS2/c15-12-10-3-1-2-4-11(10)17-14(12)9-13-5-7-16-8-6-13/h1-4H,5-9H2. The molecule has 1 fully saturated rings. The van der Waals surface area contributed by atoms with Gasteiger partial charge in [-0.1, -0.05) is 23.7 Å². The average molecular weight is 266 g/mol. The summed E-state index contributed by atoms with van der Waals surface area (Å²) in [5.74, 6) is 2.36. The number of benzene rings is 1. The molecule has 0 bridgehead atoms. The maximum Gasteiger partial charge on any atom is 0.269 e. The van der Waals surface area contributed by atoms with Gasteiger partial charge in [-0.25, -0.2) is 3.96 Å². The Morgan fingerprint density at radius 2 is 1.94 bits per heavy atom. The Bertz CT molecular complexity index is 569. The number of hydrogen-bond donors (Lipinski definition) is 0. The van der Waals surface area contributed by atoms with Crippen molar-refractivity contribution in [2.75, 3.05) is 24.6 Å². The molecule has 2 aromatic rings. The van der Waals surface area contributed by atoms with Crippen molar-refractivity contribution in [1.82, 2.24) is 8.86 Å². The van der Waals surface area contributed by atoms with Gasteiger partial charge in [0.15, 0.2) is 0 Å². The Morgan fingerprint density at radius 1 is 1.18 bits per heavy atom. The first-order chi connectivity index (χ1) is 8.34. The lowest BCUT2D eigenvalue weighted by Crippen LogP contribution is -2.36. The van der Waals surface area contributed by atoms with Gasteiger partial charge in [-0.05, 0) is 12.1 Å². The molecule has 0 radical (unpaired) electrons. The fraction of sp³-hybridized carbons (Fsp3) is 0.417. The molecule has 1 aliphatic heterocycles. The third kappa shape index (κ3) is 2.27. The van der Waals surface area contributed by atoms with Crippen molar-refractivity contribution in [3.63, 3.8) is 0 Å². The molecule has 0 saturated carbocycles. The van der Waals surface area contributed by atoms with Gasteiger partial charge in [-0.2, -0.15) is 11.8 Å². The zero-order chi connectivity index (χ0) is 11.7. The third-order valence-electron chi connectivity index (χ3n) is 2.98. The van der Waals surface area contributed by atoms with Crippen LogP contribution in [-0.4, -0.2) is 33.5 Å². The van der Waals surface area contributed by atoms with E-state index in [1.54, 1.807) is 11.5 Å². The summed E-state index contributed by atoms with van der Waals surface area (Å²) >= 11 is 3.57. The molecule has 0 spiro atoms. The summed E-state index contributed by atoms with van der Waals surface area (Å²) in [6, 6.07) is 7.85. The number of aromatic nitrogens is 1. The first-order valence-corrected chi connectivity index (χ1v) is 7.66. The average Bonchev–Trinajstić information content (AvgIpc) is 2.68. The van der Waals surface area contributed by atoms with Crippen LogP contribution in [0, 0.1) is 0 Å². The molecule has 0 aliphatic carbocycles. The molecular weight excluding hydrogens is 252 g/mol. The molecule has 1 saturated heterocycles. The second-order valence-corrected chi connectivity index (χ2v) is 6.43. The molecule has 5 heteroatoms. The van der Waals surface area contributed by atoms with Crippen LogP contribution in [0.3, 0.4) is 0 Å². The van der Waals surface area contributed by atoms with Crippen LogP contribution < -0.4 is 5.56 Å². The largest absolute Gasteiger partial charge is 0.283 e. The van der Waals surface area contributed by atoms with E-state index in [0.717, 1.165) is 29.8 Å². The van der Waals surface area contributed by atoms with Crippen LogP contribution in [0.15, 0.2) is 29.1 Å². The van der Waals surface area contributed by atoms with Gasteiger partial charge >= 0.3 is 0 Å². The summed E-state index contributed by atoms with van der Waals surface area (Å²) in [7, 11) is 0. The van der Waals surface area contributed by atoms with Crippen LogP contribution in [0.5, 0.6) is 0 Å². The minimum absolute atomic E-state index is 0.156. The van der Waals surface area contributed by atoms with Crippen LogP contribution >= 0.6 is 23.3 Å². The zero-order valence-corrected chi connectivity index (χ0v) is 11.1. The molecule has 1 aromatic heterocycles.